The van der Waals surface area contributed by atoms with Crippen LogP contribution in [0.3, 0.4) is 0 Å². The van der Waals surface area contributed by atoms with Gasteiger partial charge in [0.15, 0.2) is 0 Å². The van der Waals surface area contributed by atoms with Crippen molar-refractivity contribution in [1.29, 1.82) is 0 Å². The van der Waals surface area contributed by atoms with Crippen molar-refractivity contribution in [2.24, 2.45) is 0 Å². The van der Waals surface area contributed by atoms with Crippen molar-refractivity contribution in [2.75, 3.05) is 6.61 Å². The summed E-state index contributed by atoms with van der Waals surface area (Å²) in [6, 6.07) is 0. The fourth-order valence-corrected chi connectivity index (χ4v) is 3.12. The summed E-state index contributed by atoms with van der Waals surface area (Å²) in [5.41, 5.74) is 0. The average Bonchev–Trinajstić information content (AvgIpc) is 2.60. The van der Waals surface area contributed by atoms with Gasteiger partial charge in [-0.3, -0.25) is 4.79 Å². The van der Waals surface area contributed by atoms with Crippen LogP contribution in [0.15, 0.2) is 0 Å². The zero-order valence-corrected chi connectivity index (χ0v) is 16.8. The third kappa shape index (κ3) is 19.5. The molecular weight excluding hydrogens is 296 g/mol. The van der Waals surface area contributed by atoms with Crippen LogP contribution in [0.25, 0.3) is 0 Å². The molecule has 0 aliphatic rings. The maximum atomic E-state index is 11.0. The lowest BCUT2D eigenvalue weighted by atomic mass is 10.0. The molecular formula is C22H44O2. The quantitative estimate of drug-likeness (QED) is 0.179. The van der Waals surface area contributed by atoms with E-state index >= 15 is 0 Å². The van der Waals surface area contributed by atoms with E-state index in [0.717, 1.165) is 6.42 Å². The van der Waals surface area contributed by atoms with E-state index in [2.05, 4.69) is 6.92 Å². The zero-order chi connectivity index (χ0) is 17.7. The van der Waals surface area contributed by atoms with Gasteiger partial charge in [0.1, 0.15) is 0 Å². The van der Waals surface area contributed by atoms with E-state index in [1.54, 1.807) is 0 Å². The Morgan fingerprint density at radius 3 is 1.21 bits per heavy atom. The van der Waals surface area contributed by atoms with Gasteiger partial charge >= 0.3 is 5.97 Å². The van der Waals surface area contributed by atoms with Crippen LogP contribution in [0, 0.1) is 0 Å². The normalized spacial score (nSPS) is 10.9. The summed E-state index contributed by atoms with van der Waals surface area (Å²) in [5.74, 6) is -0.0634. The number of esters is 1. The molecule has 0 heterocycles. The molecule has 0 atom stereocenters. The Morgan fingerprint density at radius 2 is 0.875 bits per heavy atom. The van der Waals surface area contributed by atoms with Gasteiger partial charge in [-0.25, -0.2) is 0 Å². The van der Waals surface area contributed by atoms with E-state index in [-0.39, 0.29) is 5.97 Å². The van der Waals surface area contributed by atoms with Crippen molar-refractivity contribution in [3.63, 3.8) is 0 Å². The smallest absolute Gasteiger partial charge is 0.305 e. The first kappa shape index (κ1) is 23.5. The van der Waals surface area contributed by atoms with Gasteiger partial charge < -0.3 is 4.74 Å². The first-order chi connectivity index (χ1) is 11.8. The van der Waals surface area contributed by atoms with Crippen LogP contribution in [0.5, 0.6) is 0 Å². The highest BCUT2D eigenvalue weighted by Gasteiger charge is 1.98. The average molecular weight is 341 g/mol. The number of unbranched alkanes of at least 4 members (excludes halogenated alkanes) is 16. The largest absolute Gasteiger partial charge is 0.466 e. The number of carbonyl (C=O) groups excluding carboxylic acids is 1. The van der Waals surface area contributed by atoms with Crippen molar-refractivity contribution in [2.45, 2.75) is 129 Å². The van der Waals surface area contributed by atoms with Crippen molar-refractivity contribution in [3.8, 4) is 0 Å². The molecule has 24 heavy (non-hydrogen) atoms. The lowest BCUT2D eigenvalue weighted by Crippen LogP contribution is -2.03. The Labute approximate surface area is 152 Å². The summed E-state index contributed by atoms with van der Waals surface area (Å²) in [6.07, 6.45) is 23.9. The summed E-state index contributed by atoms with van der Waals surface area (Å²) in [6.45, 7) is 4.75. The predicted molar refractivity (Wildman–Crippen MR) is 105 cm³/mol. The predicted octanol–water partition coefficient (Wildman–Crippen LogP) is 7.59. The lowest BCUT2D eigenvalue weighted by molar-refractivity contribution is -0.143. The van der Waals surface area contributed by atoms with Gasteiger partial charge in [-0.05, 0) is 6.42 Å². The molecule has 0 aliphatic heterocycles. The number of ether oxygens (including phenoxy) is 1. The Kier molecular flexibility index (Phi) is 20.1. The first-order valence-electron chi connectivity index (χ1n) is 11.0. The second kappa shape index (κ2) is 20.5. The zero-order valence-electron chi connectivity index (χ0n) is 16.8. The Bertz CT molecular complexity index is 250. The molecule has 0 aromatic heterocycles. The third-order valence-corrected chi connectivity index (χ3v) is 4.80. The van der Waals surface area contributed by atoms with E-state index in [0.29, 0.717) is 13.0 Å². The van der Waals surface area contributed by atoms with Crippen molar-refractivity contribution in [3.05, 3.63) is 0 Å². The summed E-state index contributed by atoms with van der Waals surface area (Å²) in [4.78, 5) is 11.0. The Balaban J connectivity index is 2.99. The molecule has 2 heteroatoms. The maximum absolute atomic E-state index is 11.0. The molecule has 0 unspecified atom stereocenters. The fourth-order valence-electron chi connectivity index (χ4n) is 3.12. The molecule has 2 nitrogen and oxygen atoms in total. The molecule has 0 amide bonds. The van der Waals surface area contributed by atoms with Crippen LogP contribution in [-0.4, -0.2) is 12.6 Å². The molecule has 0 bridgehead atoms. The molecule has 144 valence electrons. The molecule has 0 aliphatic carbocycles. The first-order valence-corrected chi connectivity index (χ1v) is 11.0. The van der Waals surface area contributed by atoms with E-state index in [9.17, 15) is 4.79 Å². The minimum absolute atomic E-state index is 0.0634. The molecule has 0 fully saturated rings. The van der Waals surface area contributed by atoms with Gasteiger partial charge in [0, 0.05) is 6.42 Å². The Hall–Kier alpha value is -0.530. The minimum atomic E-state index is -0.0634. The maximum Gasteiger partial charge on any atom is 0.305 e. The highest BCUT2D eigenvalue weighted by atomic mass is 16.5. The number of carbonyl (C=O) groups is 1. The monoisotopic (exact) mass is 340 g/mol. The van der Waals surface area contributed by atoms with Crippen LogP contribution >= 0.6 is 0 Å². The van der Waals surface area contributed by atoms with Crippen LogP contribution in [0.2, 0.25) is 0 Å². The standard InChI is InChI=1S/C22H44O2/c1-3-5-6-7-8-9-10-11-12-13-14-15-16-17-18-19-20-21-24-22(23)4-2/h3-21H2,1-2H3. The van der Waals surface area contributed by atoms with E-state index in [1.165, 1.54) is 103 Å². The Morgan fingerprint density at radius 1 is 0.542 bits per heavy atom. The molecule has 0 radical (unpaired) electrons. The van der Waals surface area contributed by atoms with Gasteiger partial charge in [-0.15, -0.1) is 0 Å². The minimum Gasteiger partial charge on any atom is -0.466 e. The van der Waals surface area contributed by atoms with Crippen LogP contribution < -0.4 is 0 Å². The third-order valence-electron chi connectivity index (χ3n) is 4.80. The van der Waals surface area contributed by atoms with Crippen LogP contribution in [-0.2, 0) is 9.53 Å². The molecule has 0 saturated carbocycles. The van der Waals surface area contributed by atoms with E-state index in [1.807, 2.05) is 6.92 Å². The van der Waals surface area contributed by atoms with Gasteiger partial charge in [-0.1, -0.05) is 117 Å². The molecule has 0 rings (SSSR count). The van der Waals surface area contributed by atoms with Gasteiger partial charge in [-0.2, -0.15) is 0 Å². The summed E-state index contributed by atoms with van der Waals surface area (Å²) in [7, 11) is 0. The SMILES string of the molecule is CCCCCCCCCCCCCCCCCCCOC(=O)CC. The summed E-state index contributed by atoms with van der Waals surface area (Å²) < 4.78 is 5.08. The van der Waals surface area contributed by atoms with Gasteiger partial charge in [0.05, 0.1) is 6.61 Å². The number of hydrogen-bond donors (Lipinski definition) is 0. The topological polar surface area (TPSA) is 26.3 Å². The summed E-state index contributed by atoms with van der Waals surface area (Å²) in [5, 5.41) is 0. The number of hydrogen-bond acceptors (Lipinski definition) is 2. The molecule has 0 saturated heterocycles. The highest BCUT2D eigenvalue weighted by molar-refractivity contribution is 5.68. The van der Waals surface area contributed by atoms with Crippen LogP contribution in [0.4, 0.5) is 0 Å². The van der Waals surface area contributed by atoms with E-state index in [4.69, 9.17) is 4.74 Å². The molecule has 0 N–H and O–H groups in total. The van der Waals surface area contributed by atoms with Gasteiger partial charge in [0.2, 0.25) is 0 Å². The van der Waals surface area contributed by atoms with Crippen molar-refractivity contribution < 1.29 is 9.53 Å². The summed E-state index contributed by atoms with van der Waals surface area (Å²) >= 11 is 0. The molecule has 0 spiro atoms. The van der Waals surface area contributed by atoms with Crippen LogP contribution in [0.1, 0.15) is 129 Å². The van der Waals surface area contributed by atoms with Crippen molar-refractivity contribution in [1.82, 2.24) is 0 Å². The second-order valence-electron chi connectivity index (χ2n) is 7.23. The highest BCUT2D eigenvalue weighted by Crippen LogP contribution is 2.14. The second-order valence-corrected chi connectivity index (χ2v) is 7.23. The van der Waals surface area contributed by atoms with Crippen molar-refractivity contribution >= 4 is 5.97 Å². The molecule has 0 aromatic carbocycles. The number of rotatable bonds is 19. The lowest BCUT2D eigenvalue weighted by Gasteiger charge is -2.04. The fraction of sp³-hybridized carbons (Fsp3) is 0.955. The molecule has 0 aromatic rings. The van der Waals surface area contributed by atoms with E-state index < -0.39 is 0 Å². The van der Waals surface area contributed by atoms with Gasteiger partial charge in [0.25, 0.3) is 0 Å².